The molecule has 0 saturated carbocycles. The van der Waals surface area contributed by atoms with Crippen molar-refractivity contribution in [2.75, 3.05) is 0 Å². The number of hydrogen-bond donors (Lipinski definition) is 1. The summed E-state index contributed by atoms with van der Waals surface area (Å²) in [6.07, 6.45) is 0. The molecule has 0 spiro atoms. The molecular weight excluding hydrogens is 286 g/mol. The van der Waals surface area contributed by atoms with Gasteiger partial charge in [-0.3, -0.25) is 4.79 Å². The third-order valence-electron chi connectivity index (χ3n) is 2.09. The average molecular weight is 296 g/mol. The van der Waals surface area contributed by atoms with Gasteiger partial charge in [0.1, 0.15) is 0 Å². The van der Waals surface area contributed by atoms with E-state index in [0.717, 1.165) is 4.47 Å². The molecule has 17 heavy (non-hydrogen) atoms. The lowest BCUT2D eigenvalue weighted by Crippen LogP contribution is -2.23. The zero-order valence-electron chi connectivity index (χ0n) is 9.11. The van der Waals surface area contributed by atoms with Crippen molar-refractivity contribution in [1.82, 2.24) is 15.5 Å². The van der Waals surface area contributed by atoms with Crippen LogP contribution in [0.1, 0.15) is 22.1 Å². The molecule has 0 aliphatic rings. The molecule has 0 unspecified atom stereocenters. The van der Waals surface area contributed by atoms with Crippen LogP contribution in [0.2, 0.25) is 0 Å². The summed E-state index contributed by atoms with van der Waals surface area (Å²) >= 11 is 3.31. The number of nitrogens with zero attached hydrogens (tertiary/aromatic N) is 2. The van der Waals surface area contributed by atoms with Gasteiger partial charge in [0.05, 0.1) is 12.1 Å². The Morgan fingerprint density at radius 3 is 2.82 bits per heavy atom. The largest absolute Gasteiger partial charge is 0.424 e. The van der Waals surface area contributed by atoms with E-state index in [1.807, 2.05) is 12.1 Å². The van der Waals surface area contributed by atoms with Crippen LogP contribution >= 0.6 is 15.9 Å². The highest BCUT2D eigenvalue weighted by Gasteiger charge is 2.10. The standard InChI is InChI=1S/C11H10BrN3O2/c1-7-14-15-10(17-7)6-13-11(16)8-4-2-3-5-9(8)12/h2-5H,6H2,1H3,(H,13,16). The van der Waals surface area contributed by atoms with E-state index in [2.05, 4.69) is 31.4 Å². The van der Waals surface area contributed by atoms with E-state index in [9.17, 15) is 4.79 Å². The molecule has 1 heterocycles. The van der Waals surface area contributed by atoms with Crippen molar-refractivity contribution < 1.29 is 9.21 Å². The van der Waals surface area contributed by atoms with Gasteiger partial charge in [-0.15, -0.1) is 10.2 Å². The predicted molar refractivity (Wildman–Crippen MR) is 64.3 cm³/mol. The van der Waals surface area contributed by atoms with Crippen LogP contribution in [0.15, 0.2) is 33.2 Å². The molecule has 0 bridgehead atoms. The molecule has 0 fully saturated rings. The summed E-state index contributed by atoms with van der Waals surface area (Å²) in [4.78, 5) is 11.8. The Morgan fingerprint density at radius 1 is 1.41 bits per heavy atom. The Hall–Kier alpha value is -1.69. The first-order chi connectivity index (χ1) is 8.16. The van der Waals surface area contributed by atoms with Crippen LogP contribution in [0.4, 0.5) is 0 Å². The van der Waals surface area contributed by atoms with Crippen LogP contribution in [-0.2, 0) is 6.54 Å². The number of nitrogens with one attached hydrogen (secondary N) is 1. The molecule has 0 atom stereocenters. The molecule has 2 rings (SSSR count). The summed E-state index contributed by atoms with van der Waals surface area (Å²) in [5, 5.41) is 10.2. The summed E-state index contributed by atoms with van der Waals surface area (Å²) in [7, 11) is 0. The van der Waals surface area contributed by atoms with Crippen LogP contribution in [0.5, 0.6) is 0 Å². The monoisotopic (exact) mass is 295 g/mol. The van der Waals surface area contributed by atoms with Gasteiger partial charge >= 0.3 is 0 Å². The number of aromatic nitrogens is 2. The molecule has 2 aromatic rings. The van der Waals surface area contributed by atoms with Crippen molar-refractivity contribution in [2.24, 2.45) is 0 Å². The summed E-state index contributed by atoms with van der Waals surface area (Å²) in [6, 6.07) is 7.20. The van der Waals surface area contributed by atoms with Gasteiger partial charge in [0, 0.05) is 11.4 Å². The van der Waals surface area contributed by atoms with Gasteiger partial charge in [-0.25, -0.2) is 0 Å². The SMILES string of the molecule is Cc1nnc(CNC(=O)c2ccccc2Br)o1. The maximum Gasteiger partial charge on any atom is 0.252 e. The Morgan fingerprint density at radius 2 is 2.18 bits per heavy atom. The van der Waals surface area contributed by atoms with Gasteiger partial charge in [-0.05, 0) is 28.1 Å². The average Bonchev–Trinajstić information content (AvgIpc) is 2.73. The summed E-state index contributed by atoms with van der Waals surface area (Å²) in [6.45, 7) is 1.92. The third kappa shape index (κ3) is 2.91. The lowest BCUT2D eigenvalue weighted by Gasteiger charge is -2.04. The Labute approximate surface area is 106 Å². The minimum Gasteiger partial charge on any atom is -0.424 e. The molecule has 1 N–H and O–H groups in total. The van der Waals surface area contributed by atoms with Crippen molar-refractivity contribution in [3.8, 4) is 0 Å². The van der Waals surface area contributed by atoms with Crippen LogP contribution < -0.4 is 5.32 Å². The van der Waals surface area contributed by atoms with Crippen molar-refractivity contribution in [2.45, 2.75) is 13.5 Å². The van der Waals surface area contributed by atoms with E-state index in [0.29, 0.717) is 17.3 Å². The highest BCUT2D eigenvalue weighted by molar-refractivity contribution is 9.10. The van der Waals surface area contributed by atoms with E-state index in [-0.39, 0.29) is 12.5 Å². The van der Waals surface area contributed by atoms with Crippen molar-refractivity contribution in [3.05, 3.63) is 46.1 Å². The third-order valence-corrected chi connectivity index (χ3v) is 2.78. The number of benzene rings is 1. The Bertz CT molecular complexity index is 539. The molecule has 0 radical (unpaired) electrons. The predicted octanol–water partition coefficient (Wildman–Crippen LogP) is 2.07. The highest BCUT2D eigenvalue weighted by atomic mass is 79.9. The minimum absolute atomic E-state index is 0.187. The first-order valence-corrected chi connectivity index (χ1v) is 5.78. The smallest absolute Gasteiger partial charge is 0.252 e. The van der Waals surface area contributed by atoms with E-state index >= 15 is 0 Å². The van der Waals surface area contributed by atoms with Crippen LogP contribution in [-0.4, -0.2) is 16.1 Å². The molecule has 0 aliphatic carbocycles. The molecular formula is C11H10BrN3O2. The van der Waals surface area contributed by atoms with E-state index in [1.54, 1.807) is 19.1 Å². The maximum atomic E-state index is 11.8. The second-order valence-electron chi connectivity index (χ2n) is 3.38. The number of amides is 1. The van der Waals surface area contributed by atoms with E-state index < -0.39 is 0 Å². The van der Waals surface area contributed by atoms with E-state index in [4.69, 9.17) is 4.42 Å². The Balaban J connectivity index is 2.01. The zero-order valence-corrected chi connectivity index (χ0v) is 10.7. The normalized spacial score (nSPS) is 10.2. The van der Waals surface area contributed by atoms with Crippen molar-refractivity contribution >= 4 is 21.8 Å². The lowest BCUT2D eigenvalue weighted by atomic mass is 10.2. The second kappa shape index (κ2) is 5.09. The molecule has 6 heteroatoms. The number of rotatable bonds is 3. The van der Waals surface area contributed by atoms with Crippen LogP contribution in [0.3, 0.4) is 0 Å². The van der Waals surface area contributed by atoms with Gasteiger partial charge in [0.2, 0.25) is 11.8 Å². The molecule has 0 aliphatic heterocycles. The number of halogens is 1. The lowest BCUT2D eigenvalue weighted by molar-refractivity contribution is 0.0946. The molecule has 0 saturated heterocycles. The molecule has 1 aromatic carbocycles. The first kappa shape index (κ1) is 11.8. The van der Waals surface area contributed by atoms with Gasteiger partial charge in [0.15, 0.2) is 0 Å². The van der Waals surface area contributed by atoms with E-state index in [1.165, 1.54) is 0 Å². The van der Waals surface area contributed by atoms with Gasteiger partial charge in [0.25, 0.3) is 5.91 Å². The van der Waals surface area contributed by atoms with Gasteiger partial charge in [-0.1, -0.05) is 12.1 Å². The van der Waals surface area contributed by atoms with Crippen LogP contribution in [0, 0.1) is 6.92 Å². The maximum absolute atomic E-state index is 11.8. The van der Waals surface area contributed by atoms with Crippen LogP contribution in [0.25, 0.3) is 0 Å². The van der Waals surface area contributed by atoms with Crippen molar-refractivity contribution in [1.29, 1.82) is 0 Å². The fourth-order valence-electron chi connectivity index (χ4n) is 1.31. The fourth-order valence-corrected chi connectivity index (χ4v) is 1.77. The summed E-state index contributed by atoms with van der Waals surface area (Å²) in [5.74, 6) is 0.686. The topological polar surface area (TPSA) is 68.0 Å². The summed E-state index contributed by atoms with van der Waals surface area (Å²) < 4.78 is 5.90. The number of carbonyl (C=O) groups excluding carboxylic acids is 1. The molecule has 88 valence electrons. The van der Waals surface area contributed by atoms with Gasteiger partial charge in [-0.2, -0.15) is 0 Å². The molecule has 1 amide bonds. The second-order valence-corrected chi connectivity index (χ2v) is 4.23. The highest BCUT2D eigenvalue weighted by Crippen LogP contribution is 2.15. The Kier molecular flexibility index (Phi) is 3.53. The fraction of sp³-hybridized carbons (Fsp3) is 0.182. The first-order valence-electron chi connectivity index (χ1n) is 4.98. The quantitative estimate of drug-likeness (QED) is 0.941. The van der Waals surface area contributed by atoms with Crippen molar-refractivity contribution in [3.63, 3.8) is 0 Å². The summed E-state index contributed by atoms with van der Waals surface area (Å²) in [5.41, 5.74) is 0.573. The number of carbonyl (C=O) groups is 1. The van der Waals surface area contributed by atoms with Gasteiger partial charge < -0.3 is 9.73 Å². The number of aryl methyl sites for hydroxylation is 1. The minimum atomic E-state index is -0.187. The molecule has 1 aromatic heterocycles. The molecule has 5 nitrogen and oxygen atoms in total. The number of hydrogen-bond acceptors (Lipinski definition) is 4. The zero-order chi connectivity index (χ0) is 12.3.